The van der Waals surface area contributed by atoms with Gasteiger partial charge in [-0.25, -0.2) is 0 Å². The van der Waals surface area contributed by atoms with E-state index in [1.165, 1.54) is 0 Å². The van der Waals surface area contributed by atoms with Gasteiger partial charge in [-0.3, -0.25) is 9.48 Å². The van der Waals surface area contributed by atoms with Crippen molar-refractivity contribution in [1.29, 1.82) is 0 Å². The van der Waals surface area contributed by atoms with Crippen molar-refractivity contribution in [2.24, 2.45) is 5.73 Å². The molecular weight excluding hydrogens is 418 g/mol. The van der Waals surface area contributed by atoms with Crippen LogP contribution in [0.15, 0.2) is 60.7 Å². The van der Waals surface area contributed by atoms with Crippen molar-refractivity contribution in [3.05, 3.63) is 77.5 Å². The lowest BCUT2D eigenvalue weighted by Crippen LogP contribution is -2.06. The second-order valence-electron chi connectivity index (χ2n) is 8.28. The molecule has 7 heteroatoms. The number of nitrogens with zero attached hydrogens (tertiary/aromatic N) is 2. The zero-order valence-electron chi connectivity index (χ0n) is 18.7. The molecule has 1 heterocycles. The molecule has 4 aromatic rings. The molecule has 0 spiro atoms. The smallest absolute Gasteiger partial charge is 0.307 e. The molecule has 0 atom stereocenters. The van der Waals surface area contributed by atoms with Crippen LogP contribution in [-0.4, -0.2) is 26.0 Å². The highest BCUT2D eigenvalue weighted by Crippen LogP contribution is 2.31. The number of carboxylic acids is 1. The molecule has 0 radical (unpaired) electrons. The van der Waals surface area contributed by atoms with E-state index in [0.29, 0.717) is 17.9 Å². The van der Waals surface area contributed by atoms with E-state index in [2.05, 4.69) is 13.8 Å². The number of hydrogen-bond acceptors (Lipinski definition) is 5. The Morgan fingerprint density at radius 1 is 1.09 bits per heavy atom. The van der Waals surface area contributed by atoms with Gasteiger partial charge in [0.05, 0.1) is 11.9 Å². The maximum atomic E-state index is 11.2. The molecule has 7 nitrogen and oxygen atoms in total. The second kappa shape index (κ2) is 9.34. The second-order valence-corrected chi connectivity index (χ2v) is 8.28. The van der Waals surface area contributed by atoms with Crippen molar-refractivity contribution < 1.29 is 19.7 Å². The van der Waals surface area contributed by atoms with Gasteiger partial charge in [-0.1, -0.05) is 24.3 Å². The average Bonchev–Trinajstić information content (AvgIpc) is 3.16. The quantitative estimate of drug-likeness (QED) is 0.364. The van der Waals surface area contributed by atoms with Crippen LogP contribution in [-0.2, 0) is 24.4 Å². The van der Waals surface area contributed by atoms with Crippen LogP contribution in [0.2, 0.25) is 0 Å². The van der Waals surface area contributed by atoms with E-state index in [1.807, 2.05) is 35.0 Å². The Balaban J connectivity index is 1.73. The van der Waals surface area contributed by atoms with E-state index < -0.39 is 5.97 Å². The highest BCUT2D eigenvalue weighted by Gasteiger charge is 2.16. The highest BCUT2D eigenvalue weighted by atomic mass is 16.5. The summed E-state index contributed by atoms with van der Waals surface area (Å²) in [5.41, 5.74) is 10.8. The Bertz CT molecular complexity index is 1310. The monoisotopic (exact) mass is 445 g/mol. The third kappa shape index (κ3) is 4.83. The van der Waals surface area contributed by atoms with Crippen LogP contribution in [0.1, 0.15) is 36.7 Å². The number of hydrogen-bond donors (Lipinski definition) is 3. The van der Waals surface area contributed by atoms with Gasteiger partial charge in [0.2, 0.25) is 0 Å². The molecular formula is C26H27N3O4. The minimum Gasteiger partial charge on any atom is -0.508 e. The zero-order chi connectivity index (χ0) is 23.5. The van der Waals surface area contributed by atoms with Crippen LogP contribution in [0.4, 0.5) is 0 Å². The van der Waals surface area contributed by atoms with E-state index in [0.717, 1.165) is 33.3 Å². The summed E-state index contributed by atoms with van der Waals surface area (Å²) in [5, 5.41) is 25.0. The van der Waals surface area contributed by atoms with E-state index in [1.54, 1.807) is 30.3 Å². The minimum absolute atomic E-state index is 0.109. The summed E-state index contributed by atoms with van der Waals surface area (Å²) in [6, 6.07) is 18.7. The molecule has 1 aromatic heterocycles. The topological polar surface area (TPSA) is 111 Å². The third-order valence-electron chi connectivity index (χ3n) is 5.50. The normalized spacial score (nSPS) is 11.3. The summed E-state index contributed by atoms with van der Waals surface area (Å²) < 4.78 is 7.98. The molecule has 0 aliphatic rings. The molecule has 0 aliphatic carbocycles. The molecule has 0 saturated heterocycles. The van der Waals surface area contributed by atoms with Crippen molar-refractivity contribution in [2.75, 3.05) is 0 Å². The number of aromatic hydroxyl groups is 1. The SMILES string of the molecule is CC(C)n1nc(COc2ccccc2CC(=O)O)c2cc(-c3cc(O)cc(CN)c3)ccc21. The van der Waals surface area contributed by atoms with Crippen molar-refractivity contribution in [3.8, 4) is 22.6 Å². The number of carbonyl (C=O) groups is 1. The van der Waals surface area contributed by atoms with Gasteiger partial charge in [0.1, 0.15) is 23.8 Å². The number of fused-ring (bicyclic) bond motifs is 1. The number of rotatable bonds is 8. The van der Waals surface area contributed by atoms with E-state index in [9.17, 15) is 15.0 Å². The summed E-state index contributed by atoms with van der Waals surface area (Å²) >= 11 is 0. The largest absolute Gasteiger partial charge is 0.508 e. The first-order valence-corrected chi connectivity index (χ1v) is 10.8. The van der Waals surface area contributed by atoms with E-state index in [-0.39, 0.29) is 24.8 Å². The number of nitrogens with two attached hydrogens (primary N) is 1. The highest BCUT2D eigenvalue weighted by molar-refractivity contribution is 5.87. The molecule has 4 rings (SSSR count). The van der Waals surface area contributed by atoms with Gasteiger partial charge in [-0.2, -0.15) is 5.10 Å². The molecule has 0 unspecified atom stereocenters. The molecule has 0 aliphatic heterocycles. The number of benzene rings is 3. The fourth-order valence-electron chi connectivity index (χ4n) is 3.94. The molecule has 0 amide bonds. The fourth-order valence-corrected chi connectivity index (χ4v) is 3.94. The summed E-state index contributed by atoms with van der Waals surface area (Å²) in [6.07, 6.45) is -0.109. The molecule has 4 N–H and O–H groups in total. The van der Waals surface area contributed by atoms with Crippen LogP contribution >= 0.6 is 0 Å². The molecule has 0 saturated carbocycles. The van der Waals surface area contributed by atoms with Crippen molar-refractivity contribution in [3.63, 3.8) is 0 Å². The lowest BCUT2D eigenvalue weighted by Gasteiger charge is -2.10. The predicted octanol–water partition coefficient (Wildman–Crippen LogP) is 4.65. The van der Waals surface area contributed by atoms with Crippen LogP contribution in [0.3, 0.4) is 0 Å². The maximum Gasteiger partial charge on any atom is 0.307 e. The number of aliphatic carboxylic acids is 1. The molecule has 3 aromatic carbocycles. The Morgan fingerprint density at radius 3 is 2.61 bits per heavy atom. The number of para-hydroxylation sites is 1. The van der Waals surface area contributed by atoms with Crippen LogP contribution in [0, 0.1) is 0 Å². The van der Waals surface area contributed by atoms with Crippen LogP contribution < -0.4 is 10.5 Å². The summed E-state index contributed by atoms with van der Waals surface area (Å²) in [4.78, 5) is 11.2. The minimum atomic E-state index is -0.909. The number of carboxylic acid groups (broad SMARTS) is 1. The Kier molecular flexibility index (Phi) is 6.33. The Morgan fingerprint density at radius 2 is 1.88 bits per heavy atom. The lowest BCUT2D eigenvalue weighted by atomic mass is 10.0. The number of phenolic OH excluding ortho intramolecular Hbond substituents is 1. The van der Waals surface area contributed by atoms with Gasteiger partial charge in [-0.15, -0.1) is 0 Å². The Labute approximate surface area is 192 Å². The van der Waals surface area contributed by atoms with Crippen LogP contribution in [0.5, 0.6) is 11.5 Å². The summed E-state index contributed by atoms with van der Waals surface area (Å²) in [7, 11) is 0. The first-order valence-electron chi connectivity index (χ1n) is 10.8. The fraction of sp³-hybridized carbons (Fsp3) is 0.231. The number of ether oxygens (including phenoxy) is 1. The third-order valence-corrected chi connectivity index (χ3v) is 5.50. The van der Waals surface area contributed by atoms with Gasteiger partial charge in [-0.05, 0) is 66.9 Å². The lowest BCUT2D eigenvalue weighted by molar-refractivity contribution is -0.136. The predicted molar refractivity (Wildman–Crippen MR) is 127 cm³/mol. The van der Waals surface area contributed by atoms with E-state index in [4.69, 9.17) is 15.6 Å². The van der Waals surface area contributed by atoms with Gasteiger partial charge in [0.25, 0.3) is 0 Å². The van der Waals surface area contributed by atoms with Gasteiger partial charge in [0, 0.05) is 23.5 Å². The zero-order valence-corrected chi connectivity index (χ0v) is 18.7. The van der Waals surface area contributed by atoms with Crippen molar-refractivity contribution in [2.45, 2.75) is 39.5 Å². The number of aromatic nitrogens is 2. The molecule has 33 heavy (non-hydrogen) atoms. The van der Waals surface area contributed by atoms with Gasteiger partial charge < -0.3 is 20.7 Å². The molecule has 0 bridgehead atoms. The summed E-state index contributed by atoms with van der Waals surface area (Å²) in [5.74, 6) is -0.207. The van der Waals surface area contributed by atoms with E-state index >= 15 is 0 Å². The standard InChI is InChI=1S/C26H27N3O4/c1-16(2)29-24-8-7-18(20-9-17(14-27)10-21(30)11-20)12-22(24)23(28-29)15-33-25-6-4-3-5-19(25)13-26(31)32/h3-12,16,30H,13-15,27H2,1-2H3,(H,31,32). The average molecular weight is 446 g/mol. The number of phenols is 1. The Hall–Kier alpha value is -3.84. The molecule has 0 fully saturated rings. The van der Waals surface area contributed by atoms with Gasteiger partial charge in [0.15, 0.2) is 0 Å². The van der Waals surface area contributed by atoms with Crippen molar-refractivity contribution >= 4 is 16.9 Å². The van der Waals surface area contributed by atoms with Crippen LogP contribution in [0.25, 0.3) is 22.0 Å². The summed E-state index contributed by atoms with van der Waals surface area (Å²) in [6.45, 7) is 4.67. The maximum absolute atomic E-state index is 11.2. The molecule has 170 valence electrons. The first kappa shape index (κ1) is 22.4. The van der Waals surface area contributed by atoms with Gasteiger partial charge >= 0.3 is 5.97 Å². The van der Waals surface area contributed by atoms with Crippen molar-refractivity contribution in [1.82, 2.24) is 9.78 Å². The first-order chi connectivity index (χ1) is 15.9.